The van der Waals surface area contributed by atoms with Crippen molar-refractivity contribution < 1.29 is 4.42 Å². The lowest BCUT2D eigenvalue weighted by Crippen LogP contribution is -2.16. The molecule has 0 spiro atoms. The van der Waals surface area contributed by atoms with Crippen LogP contribution in [-0.2, 0) is 5.41 Å². The Bertz CT molecular complexity index is 3470. The second kappa shape index (κ2) is 14.5. The lowest BCUT2D eigenvalue weighted by atomic mass is 9.82. The lowest BCUT2D eigenvalue weighted by molar-refractivity contribution is 0.660. The molecule has 2 heterocycles. The van der Waals surface area contributed by atoms with Crippen LogP contribution < -0.4 is 4.90 Å². The Morgan fingerprint density at radius 3 is 1.60 bits per heavy atom. The van der Waals surface area contributed by atoms with Gasteiger partial charge >= 0.3 is 0 Å². The highest BCUT2D eigenvalue weighted by Gasteiger charge is 2.35. The number of hydrogen-bond acceptors (Lipinski definition) is 5. The minimum atomic E-state index is -0.132. The molecule has 0 atom stereocenters. The maximum Gasteiger partial charge on any atom is 0.164 e. The molecule has 0 saturated heterocycles. The number of rotatable bonds is 7. The van der Waals surface area contributed by atoms with Crippen molar-refractivity contribution in [3.8, 4) is 56.4 Å². The van der Waals surface area contributed by atoms with Crippen LogP contribution in [0.1, 0.15) is 25.0 Å². The lowest BCUT2D eigenvalue weighted by Gasteiger charge is -2.28. The number of benzene rings is 9. The molecule has 0 bridgehead atoms. The van der Waals surface area contributed by atoms with Crippen LogP contribution in [0.2, 0.25) is 0 Å². The Labute approximate surface area is 365 Å². The highest BCUT2D eigenvalue weighted by atomic mass is 16.3. The molecule has 2 aromatic heterocycles. The van der Waals surface area contributed by atoms with Gasteiger partial charge in [-0.2, -0.15) is 0 Å². The fourth-order valence-corrected chi connectivity index (χ4v) is 9.55. The van der Waals surface area contributed by atoms with Crippen LogP contribution in [0.3, 0.4) is 0 Å². The van der Waals surface area contributed by atoms with Crippen LogP contribution in [0.5, 0.6) is 0 Å². The summed E-state index contributed by atoms with van der Waals surface area (Å²) in [7, 11) is 0. The van der Waals surface area contributed by atoms with Crippen LogP contribution in [0.25, 0.3) is 89.1 Å². The first-order valence-electron chi connectivity index (χ1n) is 21.4. The summed E-state index contributed by atoms with van der Waals surface area (Å²) < 4.78 is 6.67. The SMILES string of the molecule is CC1(C)c2ccccc2-c2ccc(N(c3ccccc3)c3ccc4c(c3)c(-c3ccc(-c5nc(-c6ccccc6)nc(-c6ccccc6)n5)cc3)cc3c5ccccc5oc43)cc21. The van der Waals surface area contributed by atoms with Crippen molar-refractivity contribution in [1.82, 2.24) is 15.0 Å². The van der Waals surface area contributed by atoms with Gasteiger partial charge in [-0.15, -0.1) is 0 Å². The van der Waals surface area contributed by atoms with Crippen molar-refractivity contribution in [2.45, 2.75) is 19.3 Å². The Morgan fingerprint density at radius 2 is 0.905 bits per heavy atom. The van der Waals surface area contributed by atoms with Gasteiger partial charge in [-0.3, -0.25) is 0 Å². The molecule has 1 aliphatic carbocycles. The Balaban J connectivity index is 1.03. The zero-order chi connectivity index (χ0) is 42.1. The van der Waals surface area contributed by atoms with E-state index in [2.05, 4.69) is 158 Å². The van der Waals surface area contributed by atoms with Crippen molar-refractivity contribution >= 4 is 49.8 Å². The third-order valence-corrected chi connectivity index (χ3v) is 12.7. The number of anilines is 3. The molecule has 0 saturated carbocycles. The van der Waals surface area contributed by atoms with E-state index in [-0.39, 0.29) is 5.41 Å². The summed E-state index contributed by atoms with van der Waals surface area (Å²) in [5.74, 6) is 1.90. The number of furan rings is 1. The minimum absolute atomic E-state index is 0.132. The molecule has 1 aliphatic rings. The molecule has 0 radical (unpaired) electrons. The monoisotopic (exact) mass is 808 g/mol. The van der Waals surface area contributed by atoms with Crippen molar-refractivity contribution in [2.24, 2.45) is 0 Å². The molecule has 11 aromatic rings. The van der Waals surface area contributed by atoms with E-state index in [9.17, 15) is 0 Å². The Hall–Kier alpha value is -8.15. The van der Waals surface area contributed by atoms with Gasteiger partial charge in [-0.05, 0) is 93.4 Å². The van der Waals surface area contributed by atoms with E-state index in [4.69, 9.17) is 19.4 Å². The smallest absolute Gasteiger partial charge is 0.164 e. The van der Waals surface area contributed by atoms with Gasteiger partial charge in [0.2, 0.25) is 0 Å². The average molecular weight is 809 g/mol. The molecule has 63 heavy (non-hydrogen) atoms. The molecular formula is C58H40N4O. The minimum Gasteiger partial charge on any atom is -0.455 e. The van der Waals surface area contributed by atoms with E-state index >= 15 is 0 Å². The van der Waals surface area contributed by atoms with Crippen LogP contribution in [0.15, 0.2) is 211 Å². The van der Waals surface area contributed by atoms with Crippen molar-refractivity contribution in [3.05, 3.63) is 217 Å². The van der Waals surface area contributed by atoms with Crippen LogP contribution in [0, 0.1) is 0 Å². The van der Waals surface area contributed by atoms with Crippen LogP contribution in [0.4, 0.5) is 17.1 Å². The normalized spacial score (nSPS) is 12.7. The summed E-state index contributed by atoms with van der Waals surface area (Å²) in [5.41, 5.74) is 15.2. The first-order chi connectivity index (χ1) is 31.0. The Kier molecular flexibility index (Phi) is 8.44. The van der Waals surface area contributed by atoms with E-state index in [0.717, 1.165) is 77.6 Å². The summed E-state index contributed by atoms with van der Waals surface area (Å²) in [5, 5.41) is 4.33. The maximum absolute atomic E-state index is 6.67. The maximum atomic E-state index is 6.67. The van der Waals surface area contributed by atoms with E-state index in [0.29, 0.717) is 17.5 Å². The molecule has 0 fully saturated rings. The van der Waals surface area contributed by atoms with Gasteiger partial charge in [0.1, 0.15) is 11.2 Å². The standard InChI is InChI=1S/C58H40N4O/c1-58(2)51-24-14-12-22-44(51)45-32-30-43(35-52(45)58)62(41-20-10-5-11-21-41)42-31-33-47-49(34-42)48(36-50-46-23-13-15-25-53(46)63-54(47)50)37-26-28-40(29-27-37)57-60-55(38-16-6-3-7-17-38)59-56(61-57)39-18-8-4-9-19-39/h3-36H,1-2H3. The van der Waals surface area contributed by atoms with Crippen molar-refractivity contribution in [3.63, 3.8) is 0 Å². The molecular weight excluding hydrogens is 769 g/mol. The van der Waals surface area contributed by atoms with Gasteiger partial charge in [0.05, 0.1) is 0 Å². The summed E-state index contributed by atoms with van der Waals surface area (Å²) >= 11 is 0. The molecule has 5 heteroatoms. The highest BCUT2D eigenvalue weighted by Crippen LogP contribution is 2.51. The van der Waals surface area contributed by atoms with E-state index in [1.807, 2.05) is 66.7 Å². The molecule has 298 valence electrons. The summed E-state index contributed by atoms with van der Waals surface area (Å²) in [6, 6.07) is 72.7. The predicted octanol–water partition coefficient (Wildman–Crippen LogP) is 15.4. The van der Waals surface area contributed by atoms with Crippen LogP contribution in [-0.4, -0.2) is 15.0 Å². The van der Waals surface area contributed by atoms with Crippen LogP contribution >= 0.6 is 0 Å². The summed E-state index contributed by atoms with van der Waals surface area (Å²) in [6.07, 6.45) is 0. The van der Waals surface area contributed by atoms with Gasteiger partial charge in [0.25, 0.3) is 0 Å². The molecule has 0 amide bonds. The second-order valence-electron chi connectivity index (χ2n) is 16.8. The fraction of sp³-hybridized carbons (Fsp3) is 0.0517. The number of nitrogens with zero attached hydrogens (tertiary/aromatic N) is 4. The quantitative estimate of drug-likeness (QED) is 0.160. The molecule has 0 N–H and O–H groups in total. The van der Waals surface area contributed by atoms with Gasteiger partial charge in [0.15, 0.2) is 17.5 Å². The van der Waals surface area contributed by atoms with Crippen molar-refractivity contribution in [2.75, 3.05) is 4.90 Å². The van der Waals surface area contributed by atoms with E-state index in [1.165, 1.54) is 22.3 Å². The zero-order valence-corrected chi connectivity index (χ0v) is 34.8. The molecule has 0 unspecified atom stereocenters. The second-order valence-corrected chi connectivity index (χ2v) is 16.8. The topological polar surface area (TPSA) is 55.1 Å². The van der Waals surface area contributed by atoms with E-state index < -0.39 is 0 Å². The molecule has 12 rings (SSSR count). The zero-order valence-electron chi connectivity index (χ0n) is 34.8. The Morgan fingerprint density at radius 1 is 0.365 bits per heavy atom. The van der Waals surface area contributed by atoms with Gasteiger partial charge in [-0.1, -0.05) is 166 Å². The number of fused-ring (bicyclic) bond motifs is 8. The summed E-state index contributed by atoms with van der Waals surface area (Å²) in [4.78, 5) is 17.3. The summed E-state index contributed by atoms with van der Waals surface area (Å²) in [6.45, 7) is 4.68. The molecule has 0 aliphatic heterocycles. The number of aromatic nitrogens is 3. The van der Waals surface area contributed by atoms with Gasteiger partial charge in [-0.25, -0.2) is 15.0 Å². The van der Waals surface area contributed by atoms with Crippen molar-refractivity contribution in [1.29, 1.82) is 0 Å². The molecule has 9 aromatic carbocycles. The number of para-hydroxylation sites is 2. The largest absolute Gasteiger partial charge is 0.455 e. The highest BCUT2D eigenvalue weighted by molar-refractivity contribution is 6.19. The average Bonchev–Trinajstić information content (AvgIpc) is 3.83. The molecule has 5 nitrogen and oxygen atoms in total. The first kappa shape index (κ1) is 36.7. The third-order valence-electron chi connectivity index (χ3n) is 12.7. The fourth-order valence-electron chi connectivity index (χ4n) is 9.55. The van der Waals surface area contributed by atoms with E-state index in [1.54, 1.807) is 0 Å². The third kappa shape index (κ3) is 6.12. The van der Waals surface area contributed by atoms with Gasteiger partial charge in [0, 0.05) is 55.3 Å². The number of hydrogen-bond donors (Lipinski definition) is 0. The van der Waals surface area contributed by atoms with Gasteiger partial charge < -0.3 is 9.32 Å². The first-order valence-corrected chi connectivity index (χ1v) is 21.4. The predicted molar refractivity (Wildman–Crippen MR) is 259 cm³/mol.